The molecule has 0 aliphatic carbocycles. The van der Waals surface area contributed by atoms with Crippen molar-refractivity contribution < 1.29 is 9.47 Å². The van der Waals surface area contributed by atoms with Crippen LogP contribution in [0.2, 0.25) is 0 Å². The Bertz CT molecular complexity index is 122. The number of hydrogen-bond acceptors (Lipinski definition) is 3. The summed E-state index contributed by atoms with van der Waals surface area (Å²) in [5.74, 6) is 0.643. The molecule has 1 heterocycles. The van der Waals surface area contributed by atoms with E-state index in [1.165, 1.54) is 0 Å². The fourth-order valence-corrected chi connectivity index (χ4v) is 1.34. The van der Waals surface area contributed by atoms with Gasteiger partial charge in [-0.2, -0.15) is 0 Å². The van der Waals surface area contributed by atoms with Crippen LogP contribution in [0.3, 0.4) is 0 Å². The fraction of sp³-hybridized carbons (Fsp3) is 1.00. The van der Waals surface area contributed by atoms with Gasteiger partial charge in [-0.05, 0) is 5.92 Å². The van der Waals surface area contributed by atoms with Crippen molar-refractivity contribution in [3.05, 3.63) is 0 Å². The Morgan fingerprint density at radius 3 is 2.62 bits per heavy atom. The lowest BCUT2D eigenvalue weighted by Gasteiger charge is -2.26. The van der Waals surface area contributed by atoms with Crippen LogP contribution < -0.4 is 0 Å². The number of ether oxygens (including phenoxy) is 2. The molecule has 0 saturated carbocycles. The molecule has 78 valence electrons. The van der Waals surface area contributed by atoms with Crippen molar-refractivity contribution in [1.82, 2.24) is 4.90 Å². The van der Waals surface area contributed by atoms with Gasteiger partial charge >= 0.3 is 0 Å². The van der Waals surface area contributed by atoms with E-state index in [0.29, 0.717) is 5.92 Å². The zero-order valence-electron chi connectivity index (χ0n) is 8.79. The van der Waals surface area contributed by atoms with Gasteiger partial charge in [0.05, 0.1) is 19.8 Å². The molecule has 0 aromatic carbocycles. The second-order valence-corrected chi connectivity index (χ2v) is 3.92. The van der Waals surface area contributed by atoms with Crippen LogP contribution in [-0.2, 0) is 9.47 Å². The lowest BCUT2D eigenvalue weighted by Crippen LogP contribution is -2.38. The number of hydrogen-bond donors (Lipinski definition) is 0. The van der Waals surface area contributed by atoms with E-state index < -0.39 is 0 Å². The van der Waals surface area contributed by atoms with Crippen molar-refractivity contribution in [2.75, 3.05) is 46.1 Å². The molecule has 0 N–H and O–H groups in total. The minimum Gasteiger partial charge on any atom is -0.380 e. The highest BCUT2D eigenvalue weighted by molar-refractivity contribution is 4.60. The van der Waals surface area contributed by atoms with Crippen molar-refractivity contribution in [1.29, 1.82) is 0 Å². The first-order chi connectivity index (χ1) is 6.29. The van der Waals surface area contributed by atoms with E-state index in [2.05, 4.69) is 18.7 Å². The second kappa shape index (κ2) is 6.35. The van der Waals surface area contributed by atoms with Gasteiger partial charge < -0.3 is 9.47 Å². The van der Waals surface area contributed by atoms with E-state index in [-0.39, 0.29) is 0 Å². The highest BCUT2D eigenvalue weighted by Crippen LogP contribution is 1.97. The molecular formula is C10H21NO2. The van der Waals surface area contributed by atoms with Gasteiger partial charge in [-0.25, -0.2) is 0 Å². The zero-order chi connectivity index (χ0) is 9.52. The van der Waals surface area contributed by atoms with Crippen molar-refractivity contribution in [2.24, 2.45) is 5.92 Å². The van der Waals surface area contributed by atoms with Crippen LogP contribution in [0.25, 0.3) is 0 Å². The maximum absolute atomic E-state index is 5.52. The largest absolute Gasteiger partial charge is 0.380 e. The first kappa shape index (κ1) is 11.0. The third kappa shape index (κ3) is 5.24. The van der Waals surface area contributed by atoms with Crippen LogP contribution in [0.15, 0.2) is 0 Å². The van der Waals surface area contributed by atoms with Crippen LogP contribution >= 0.6 is 0 Å². The summed E-state index contributed by atoms with van der Waals surface area (Å²) in [5, 5.41) is 0. The smallest absolute Gasteiger partial charge is 0.0594 e. The van der Waals surface area contributed by atoms with E-state index >= 15 is 0 Å². The summed E-state index contributed by atoms with van der Waals surface area (Å²) in [6.45, 7) is 11.0. The molecule has 13 heavy (non-hydrogen) atoms. The fourth-order valence-electron chi connectivity index (χ4n) is 1.34. The Morgan fingerprint density at radius 1 is 1.31 bits per heavy atom. The normalized spacial score (nSPS) is 19.6. The van der Waals surface area contributed by atoms with Crippen LogP contribution in [0, 0.1) is 5.92 Å². The molecule has 3 nitrogen and oxygen atoms in total. The Hall–Kier alpha value is -0.120. The molecule has 0 bridgehead atoms. The van der Waals surface area contributed by atoms with E-state index in [0.717, 1.165) is 46.1 Å². The monoisotopic (exact) mass is 187 g/mol. The van der Waals surface area contributed by atoms with Gasteiger partial charge in [0.15, 0.2) is 0 Å². The summed E-state index contributed by atoms with van der Waals surface area (Å²) < 4.78 is 10.8. The lowest BCUT2D eigenvalue weighted by molar-refractivity contribution is 0.0173. The summed E-state index contributed by atoms with van der Waals surface area (Å²) in [5.41, 5.74) is 0. The highest BCUT2D eigenvalue weighted by Gasteiger charge is 2.09. The Balaban J connectivity index is 1.92. The van der Waals surface area contributed by atoms with Crippen LogP contribution in [0.1, 0.15) is 13.8 Å². The average Bonchev–Trinajstić information content (AvgIpc) is 2.14. The Morgan fingerprint density at radius 2 is 2.00 bits per heavy atom. The van der Waals surface area contributed by atoms with E-state index in [9.17, 15) is 0 Å². The molecule has 0 aromatic heterocycles. The number of morpholine rings is 1. The van der Waals surface area contributed by atoms with Crippen molar-refractivity contribution in [3.8, 4) is 0 Å². The molecule has 0 amide bonds. The van der Waals surface area contributed by atoms with Gasteiger partial charge in [-0.3, -0.25) is 4.90 Å². The maximum Gasteiger partial charge on any atom is 0.0594 e. The second-order valence-electron chi connectivity index (χ2n) is 3.92. The van der Waals surface area contributed by atoms with Gasteiger partial charge in [-0.1, -0.05) is 13.8 Å². The molecule has 0 spiro atoms. The Kier molecular flexibility index (Phi) is 5.35. The molecule has 1 fully saturated rings. The zero-order valence-corrected chi connectivity index (χ0v) is 8.79. The SMILES string of the molecule is CC(C)COCCN1CCOCC1. The maximum atomic E-state index is 5.52. The minimum absolute atomic E-state index is 0.643. The average molecular weight is 187 g/mol. The summed E-state index contributed by atoms with van der Waals surface area (Å²) in [4.78, 5) is 2.39. The van der Waals surface area contributed by atoms with Crippen molar-refractivity contribution in [3.63, 3.8) is 0 Å². The number of nitrogens with zero attached hydrogens (tertiary/aromatic N) is 1. The topological polar surface area (TPSA) is 21.7 Å². The van der Waals surface area contributed by atoms with Gasteiger partial charge in [0.2, 0.25) is 0 Å². The van der Waals surface area contributed by atoms with Gasteiger partial charge in [0.25, 0.3) is 0 Å². The van der Waals surface area contributed by atoms with Crippen molar-refractivity contribution >= 4 is 0 Å². The van der Waals surface area contributed by atoms with Crippen molar-refractivity contribution in [2.45, 2.75) is 13.8 Å². The third-order valence-electron chi connectivity index (χ3n) is 2.11. The molecular weight excluding hydrogens is 166 g/mol. The Labute approximate surface area is 81.0 Å². The summed E-state index contributed by atoms with van der Waals surface area (Å²) in [6, 6.07) is 0. The van der Waals surface area contributed by atoms with Crippen LogP contribution in [0.4, 0.5) is 0 Å². The van der Waals surface area contributed by atoms with Gasteiger partial charge in [0, 0.05) is 26.2 Å². The predicted octanol–water partition coefficient (Wildman–Crippen LogP) is 0.991. The summed E-state index contributed by atoms with van der Waals surface area (Å²) >= 11 is 0. The molecule has 0 unspecified atom stereocenters. The first-order valence-corrected chi connectivity index (χ1v) is 5.17. The molecule has 1 aliphatic rings. The quantitative estimate of drug-likeness (QED) is 0.599. The highest BCUT2D eigenvalue weighted by atomic mass is 16.5. The van der Waals surface area contributed by atoms with Gasteiger partial charge in [-0.15, -0.1) is 0 Å². The molecule has 0 atom stereocenters. The van der Waals surface area contributed by atoms with Crippen LogP contribution in [0.5, 0.6) is 0 Å². The molecule has 1 aliphatic heterocycles. The molecule has 0 radical (unpaired) electrons. The molecule has 1 rings (SSSR count). The molecule has 1 saturated heterocycles. The predicted molar refractivity (Wildman–Crippen MR) is 52.9 cm³/mol. The molecule has 3 heteroatoms. The van der Waals surface area contributed by atoms with E-state index in [1.54, 1.807) is 0 Å². The standard InChI is InChI=1S/C10H21NO2/c1-10(2)9-13-8-5-11-3-6-12-7-4-11/h10H,3-9H2,1-2H3. The summed E-state index contributed by atoms with van der Waals surface area (Å²) in [6.07, 6.45) is 0. The third-order valence-corrected chi connectivity index (χ3v) is 2.11. The van der Waals surface area contributed by atoms with Crippen LogP contribution in [-0.4, -0.2) is 51.0 Å². The van der Waals surface area contributed by atoms with Gasteiger partial charge in [0.1, 0.15) is 0 Å². The summed E-state index contributed by atoms with van der Waals surface area (Å²) in [7, 11) is 0. The van der Waals surface area contributed by atoms with E-state index in [4.69, 9.17) is 9.47 Å². The minimum atomic E-state index is 0.643. The number of rotatable bonds is 5. The first-order valence-electron chi connectivity index (χ1n) is 5.17. The lowest BCUT2D eigenvalue weighted by atomic mass is 10.2. The van der Waals surface area contributed by atoms with E-state index in [1.807, 2.05) is 0 Å². The molecule has 0 aromatic rings.